The van der Waals surface area contributed by atoms with Crippen LogP contribution < -0.4 is 22.1 Å². The molecule has 0 spiro atoms. The van der Waals surface area contributed by atoms with E-state index in [1.807, 2.05) is 6.92 Å². The predicted octanol–water partition coefficient (Wildman–Crippen LogP) is 0.627. The molecule has 0 bridgehead atoms. The van der Waals surface area contributed by atoms with Gasteiger partial charge in [-0.3, -0.25) is 9.59 Å². The van der Waals surface area contributed by atoms with Gasteiger partial charge in [-0.25, -0.2) is 0 Å². The Labute approximate surface area is 121 Å². The van der Waals surface area contributed by atoms with Gasteiger partial charge in [-0.1, -0.05) is 6.92 Å². The molecule has 0 aromatic carbocycles. The third-order valence-electron chi connectivity index (χ3n) is 2.53. The molecule has 0 radical (unpaired) electrons. The molecule has 1 heterocycles. The first kappa shape index (κ1) is 16.3. The molecule has 112 valence electrons. The third-order valence-corrected chi connectivity index (χ3v) is 3.69. The highest BCUT2D eigenvalue weighted by Crippen LogP contribution is 2.35. The maximum absolute atomic E-state index is 12.0. The Balaban J connectivity index is 2.99. The Hall–Kier alpha value is -1.80. The van der Waals surface area contributed by atoms with Crippen LogP contribution in [0.25, 0.3) is 0 Å². The van der Waals surface area contributed by atoms with Crippen LogP contribution >= 0.6 is 11.3 Å². The second-order valence-corrected chi connectivity index (χ2v) is 5.11. The number of carbonyl (C=O) groups excluding carboxylic acids is 2. The summed E-state index contributed by atoms with van der Waals surface area (Å²) in [6.07, 6.45) is 0.818. The smallest absolute Gasteiger partial charge is 0.263 e. The number of rotatable bonds is 8. The van der Waals surface area contributed by atoms with E-state index in [1.54, 1.807) is 7.11 Å². The van der Waals surface area contributed by atoms with E-state index in [0.717, 1.165) is 17.8 Å². The van der Waals surface area contributed by atoms with Crippen LogP contribution in [-0.4, -0.2) is 38.6 Å². The van der Waals surface area contributed by atoms with Crippen LogP contribution in [0.3, 0.4) is 0 Å². The lowest BCUT2D eigenvalue weighted by Crippen LogP contribution is -2.24. The number of hydrogen-bond donors (Lipinski definition) is 4. The van der Waals surface area contributed by atoms with Gasteiger partial charge < -0.3 is 26.8 Å². The van der Waals surface area contributed by atoms with Crippen LogP contribution in [0.15, 0.2) is 0 Å². The summed E-state index contributed by atoms with van der Waals surface area (Å²) in [5.74, 6) is -0.954. The predicted molar refractivity (Wildman–Crippen MR) is 80.2 cm³/mol. The number of primary amides is 1. The zero-order valence-corrected chi connectivity index (χ0v) is 12.4. The quantitative estimate of drug-likeness (QED) is 0.525. The van der Waals surface area contributed by atoms with Gasteiger partial charge in [0, 0.05) is 20.2 Å². The summed E-state index contributed by atoms with van der Waals surface area (Å²) >= 11 is 1.12. The normalized spacial score (nSPS) is 10.3. The van der Waals surface area contributed by atoms with Crippen molar-refractivity contribution in [3.63, 3.8) is 0 Å². The molecule has 1 aromatic heterocycles. The molecule has 7 nitrogen and oxygen atoms in total. The molecule has 0 saturated carbocycles. The van der Waals surface area contributed by atoms with Gasteiger partial charge in [0.1, 0.15) is 9.88 Å². The van der Waals surface area contributed by atoms with E-state index in [2.05, 4.69) is 10.6 Å². The van der Waals surface area contributed by atoms with Crippen molar-refractivity contribution in [1.29, 1.82) is 0 Å². The van der Waals surface area contributed by atoms with Crippen LogP contribution in [0.2, 0.25) is 0 Å². The molecular weight excluding hydrogens is 280 g/mol. The first-order chi connectivity index (χ1) is 9.52. The van der Waals surface area contributed by atoms with Gasteiger partial charge in [0.2, 0.25) is 0 Å². The fraction of sp³-hybridized carbons (Fsp3) is 0.500. The minimum Gasteiger partial charge on any atom is -0.397 e. The first-order valence-electron chi connectivity index (χ1n) is 6.25. The third kappa shape index (κ3) is 3.84. The number of ether oxygens (including phenoxy) is 1. The van der Waals surface area contributed by atoms with E-state index in [0.29, 0.717) is 29.6 Å². The van der Waals surface area contributed by atoms with E-state index >= 15 is 0 Å². The maximum Gasteiger partial charge on any atom is 0.263 e. The van der Waals surface area contributed by atoms with Gasteiger partial charge in [0.05, 0.1) is 17.9 Å². The van der Waals surface area contributed by atoms with Crippen LogP contribution in [0.4, 0.5) is 10.7 Å². The number of methoxy groups -OCH3 is 1. The van der Waals surface area contributed by atoms with Gasteiger partial charge in [-0.15, -0.1) is 11.3 Å². The Kier molecular flexibility index (Phi) is 6.26. The number of nitrogens with one attached hydrogen (secondary N) is 2. The van der Waals surface area contributed by atoms with E-state index in [-0.39, 0.29) is 17.2 Å². The number of thiophene rings is 1. The fourth-order valence-electron chi connectivity index (χ4n) is 1.57. The van der Waals surface area contributed by atoms with E-state index in [1.165, 1.54) is 0 Å². The molecule has 2 amide bonds. The minimum atomic E-state index is -0.659. The minimum absolute atomic E-state index is 0.121. The zero-order chi connectivity index (χ0) is 15.1. The van der Waals surface area contributed by atoms with Crippen LogP contribution in [0.5, 0.6) is 0 Å². The molecule has 20 heavy (non-hydrogen) atoms. The second-order valence-electron chi connectivity index (χ2n) is 4.09. The summed E-state index contributed by atoms with van der Waals surface area (Å²) in [5, 5.41) is 6.22. The molecular formula is C12H20N4O3S. The Bertz CT molecular complexity index is 487. The molecule has 0 aliphatic carbocycles. The monoisotopic (exact) mass is 300 g/mol. The largest absolute Gasteiger partial charge is 0.397 e. The lowest BCUT2D eigenvalue weighted by Gasteiger charge is -2.04. The van der Waals surface area contributed by atoms with Gasteiger partial charge in [0.25, 0.3) is 11.8 Å². The maximum atomic E-state index is 12.0. The van der Waals surface area contributed by atoms with Gasteiger partial charge in [-0.2, -0.15) is 0 Å². The molecule has 0 aliphatic rings. The Morgan fingerprint density at radius 1 is 1.35 bits per heavy atom. The molecule has 1 aromatic rings. The van der Waals surface area contributed by atoms with Gasteiger partial charge in [-0.05, 0) is 6.42 Å². The van der Waals surface area contributed by atoms with Crippen LogP contribution in [0, 0.1) is 0 Å². The van der Waals surface area contributed by atoms with E-state index < -0.39 is 5.91 Å². The summed E-state index contributed by atoms with van der Waals surface area (Å²) in [6, 6.07) is 0. The van der Waals surface area contributed by atoms with Crippen molar-refractivity contribution in [2.45, 2.75) is 13.3 Å². The molecule has 0 aliphatic heterocycles. The molecule has 0 atom stereocenters. The molecule has 6 N–H and O–H groups in total. The number of carbonyl (C=O) groups is 2. The number of hydrogen-bond acceptors (Lipinski definition) is 6. The first-order valence-corrected chi connectivity index (χ1v) is 7.07. The van der Waals surface area contributed by atoms with Crippen molar-refractivity contribution >= 4 is 33.8 Å². The van der Waals surface area contributed by atoms with Gasteiger partial charge >= 0.3 is 0 Å². The van der Waals surface area contributed by atoms with E-state index in [4.69, 9.17) is 16.2 Å². The number of anilines is 2. The van der Waals surface area contributed by atoms with Crippen molar-refractivity contribution in [2.24, 2.45) is 5.73 Å². The average molecular weight is 300 g/mol. The summed E-state index contributed by atoms with van der Waals surface area (Å²) in [4.78, 5) is 23.7. The zero-order valence-electron chi connectivity index (χ0n) is 11.6. The summed E-state index contributed by atoms with van der Waals surface area (Å²) < 4.78 is 4.92. The van der Waals surface area contributed by atoms with Crippen molar-refractivity contribution in [3.05, 3.63) is 10.4 Å². The molecule has 0 saturated heterocycles. The molecule has 0 fully saturated rings. The summed E-state index contributed by atoms with van der Waals surface area (Å²) in [7, 11) is 1.57. The lowest BCUT2D eigenvalue weighted by molar-refractivity contribution is 0.0958. The molecule has 1 rings (SSSR count). The fourth-order valence-corrected chi connectivity index (χ4v) is 2.63. The average Bonchev–Trinajstić information content (AvgIpc) is 2.73. The number of amides is 2. The highest BCUT2D eigenvalue weighted by molar-refractivity contribution is 7.19. The van der Waals surface area contributed by atoms with Gasteiger partial charge in [0.15, 0.2) is 0 Å². The van der Waals surface area contributed by atoms with Crippen LogP contribution in [0.1, 0.15) is 33.4 Å². The molecule has 8 heteroatoms. The van der Waals surface area contributed by atoms with Crippen molar-refractivity contribution in [3.8, 4) is 0 Å². The summed E-state index contributed by atoms with van der Waals surface area (Å²) in [5.41, 5.74) is 11.5. The van der Waals surface area contributed by atoms with E-state index in [9.17, 15) is 9.59 Å². The molecule has 0 unspecified atom stereocenters. The Morgan fingerprint density at radius 2 is 2.05 bits per heavy atom. The highest BCUT2D eigenvalue weighted by Gasteiger charge is 2.23. The number of nitrogens with two attached hydrogens (primary N) is 2. The summed E-state index contributed by atoms with van der Waals surface area (Å²) in [6.45, 7) is 3.46. The van der Waals surface area contributed by atoms with Crippen molar-refractivity contribution < 1.29 is 14.3 Å². The highest BCUT2D eigenvalue weighted by atomic mass is 32.1. The topological polar surface area (TPSA) is 119 Å². The number of nitrogen functional groups attached to an aromatic ring is 1. The Morgan fingerprint density at radius 3 is 2.60 bits per heavy atom. The van der Waals surface area contributed by atoms with Crippen molar-refractivity contribution in [2.75, 3.05) is 37.9 Å². The van der Waals surface area contributed by atoms with Crippen molar-refractivity contribution in [1.82, 2.24) is 5.32 Å². The van der Waals surface area contributed by atoms with Crippen LogP contribution in [-0.2, 0) is 4.74 Å². The lowest BCUT2D eigenvalue weighted by atomic mass is 10.2. The standard InChI is InChI=1S/C12H20N4O3S/c1-3-4-15-11(18)9-8(13)7(10(14)17)12(20-9)16-5-6-19-2/h16H,3-6,13H2,1-2H3,(H2,14,17)(H,15,18). The SMILES string of the molecule is CCCNC(=O)c1sc(NCCOC)c(C(N)=O)c1N. The second kappa shape index (κ2) is 7.71.